The van der Waals surface area contributed by atoms with Gasteiger partial charge in [0.1, 0.15) is 0 Å². The van der Waals surface area contributed by atoms with Crippen LogP contribution in [0.5, 0.6) is 0 Å². The lowest BCUT2D eigenvalue weighted by Crippen LogP contribution is -2.15. The molecule has 1 nitrogen and oxygen atoms in total. The second-order valence-corrected chi connectivity index (χ2v) is 6.00. The van der Waals surface area contributed by atoms with Gasteiger partial charge >= 0.3 is 0 Å². The predicted octanol–water partition coefficient (Wildman–Crippen LogP) is 5.63. The smallest absolute Gasteiger partial charge is 0.0342 e. The van der Waals surface area contributed by atoms with Crippen LogP contribution in [0.3, 0.4) is 0 Å². The third kappa shape index (κ3) is 4.93. The number of anilines is 1. The van der Waals surface area contributed by atoms with Crippen molar-refractivity contribution in [2.75, 3.05) is 5.32 Å². The van der Waals surface area contributed by atoms with Crippen LogP contribution < -0.4 is 5.32 Å². The molecule has 21 heavy (non-hydrogen) atoms. The third-order valence-electron chi connectivity index (χ3n) is 4.21. The Morgan fingerprint density at radius 2 is 1.57 bits per heavy atom. The van der Waals surface area contributed by atoms with Crippen molar-refractivity contribution in [3.8, 4) is 0 Å². The van der Waals surface area contributed by atoms with Crippen molar-refractivity contribution in [1.29, 1.82) is 0 Å². The van der Waals surface area contributed by atoms with Crippen molar-refractivity contribution in [1.82, 2.24) is 0 Å². The first-order chi connectivity index (χ1) is 10.2. The largest absolute Gasteiger partial charge is 0.383 e. The Bertz CT molecular complexity index is 515. The quantitative estimate of drug-likeness (QED) is 0.693. The monoisotopic (exact) mass is 281 g/mol. The van der Waals surface area contributed by atoms with Crippen molar-refractivity contribution >= 4 is 5.69 Å². The summed E-state index contributed by atoms with van der Waals surface area (Å²) in [6, 6.07) is 20.1. The molecule has 0 amide bonds. The van der Waals surface area contributed by atoms with E-state index in [0.717, 1.165) is 12.8 Å². The Morgan fingerprint density at radius 3 is 2.19 bits per heavy atom. The third-order valence-corrected chi connectivity index (χ3v) is 4.21. The van der Waals surface area contributed by atoms with Crippen molar-refractivity contribution in [2.24, 2.45) is 0 Å². The minimum absolute atomic E-state index is 0.486. The van der Waals surface area contributed by atoms with E-state index in [1.165, 1.54) is 23.2 Å². The predicted molar refractivity (Wildman–Crippen MR) is 93.0 cm³/mol. The molecule has 0 heterocycles. The van der Waals surface area contributed by atoms with Crippen molar-refractivity contribution in [3.05, 3.63) is 65.7 Å². The Balaban J connectivity index is 1.83. The lowest BCUT2D eigenvalue weighted by molar-refractivity contribution is 0.705. The number of nitrogens with one attached hydrogen (secondary N) is 1. The van der Waals surface area contributed by atoms with E-state index in [9.17, 15) is 0 Å². The normalized spacial score (nSPS) is 13.7. The summed E-state index contributed by atoms with van der Waals surface area (Å²) in [4.78, 5) is 0. The first kappa shape index (κ1) is 15.6. The molecule has 0 radical (unpaired) electrons. The molecule has 2 atom stereocenters. The maximum absolute atomic E-state index is 3.60. The van der Waals surface area contributed by atoms with E-state index in [4.69, 9.17) is 0 Å². The molecule has 0 saturated heterocycles. The summed E-state index contributed by atoms with van der Waals surface area (Å²) in [5.74, 6) is 0.648. The van der Waals surface area contributed by atoms with Crippen LogP contribution in [-0.4, -0.2) is 6.04 Å². The molecular formula is C20H27N. The maximum Gasteiger partial charge on any atom is 0.0342 e. The van der Waals surface area contributed by atoms with Crippen molar-refractivity contribution in [2.45, 2.75) is 52.0 Å². The molecule has 1 heteroatoms. The van der Waals surface area contributed by atoms with Gasteiger partial charge in [-0.2, -0.15) is 0 Å². The summed E-state index contributed by atoms with van der Waals surface area (Å²) in [5.41, 5.74) is 4.07. The van der Waals surface area contributed by atoms with E-state index in [1.54, 1.807) is 0 Å². The zero-order chi connectivity index (χ0) is 15.1. The molecule has 112 valence electrons. The molecule has 2 rings (SSSR count). The van der Waals surface area contributed by atoms with Gasteiger partial charge in [0.05, 0.1) is 0 Å². The molecule has 0 bridgehead atoms. The number of rotatable bonds is 7. The second kappa shape index (κ2) is 7.87. The number of hydrogen-bond acceptors (Lipinski definition) is 1. The summed E-state index contributed by atoms with van der Waals surface area (Å²) < 4.78 is 0. The molecule has 1 N–H and O–H groups in total. The van der Waals surface area contributed by atoms with E-state index in [2.05, 4.69) is 80.7 Å². The summed E-state index contributed by atoms with van der Waals surface area (Å²) in [5, 5.41) is 3.60. The van der Waals surface area contributed by atoms with Crippen LogP contribution in [0.4, 0.5) is 5.69 Å². The van der Waals surface area contributed by atoms with Gasteiger partial charge in [-0.25, -0.2) is 0 Å². The average Bonchev–Trinajstić information content (AvgIpc) is 2.54. The van der Waals surface area contributed by atoms with Gasteiger partial charge in [0.2, 0.25) is 0 Å². The summed E-state index contributed by atoms with van der Waals surface area (Å²) >= 11 is 0. The van der Waals surface area contributed by atoms with E-state index in [1.807, 2.05) is 0 Å². The summed E-state index contributed by atoms with van der Waals surface area (Å²) in [7, 11) is 0. The fourth-order valence-corrected chi connectivity index (χ4v) is 2.53. The second-order valence-electron chi connectivity index (χ2n) is 6.00. The zero-order valence-electron chi connectivity index (χ0n) is 13.5. The maximum atomic E-state index is 3.60. The highest BCUT2D eigenvalue weighted by atomic mass is 14.9. The molecule has 2 aromatic rings. The fourth-order valence-electron chi connectivity index (χ4n) is 2.53. The highest BCUT2D eigenvalue weighted by Gasteiger charge is 2.05. The standard InChI is InChI=1S/C20H27N/c1-4-16(2)19-12-14-20(15-13-19)21-17(3)10-11-18-8-6-5-7-9-18/h5-9,12-17,21H,4,10-11H2,1-3H3. The topological polar surface area (TPSA) is 12.0 Å². The lowest BCUT2D eigenvalue weighted by atomic mass is 9.98. The van der Waals surface area contributed by atoms with Gasteiger partial charge in [0.25, 0.3) is 0 Å². The molecule has 2 unspecified atom stereocenters. The first-order valence-electron chi connectivity index (χ1n) is 8.09. The van der Waals surface area contributed by atoms with Crippen LogP contribution in [0.25, 0.3) is 0 Å². The fraction of sp³-hybridized carbons (Fsp3) is 0.400. The van der Waals surface area contributed by atoms with Crippen LogP contribution in [0.15, 0.2) is 54.6 Å². The summed E-state index contributed by atoms with van der Waals surface area (Å²) in [6.45, 7) is 6.78. The molecule has 2 aromatic carbocycles. The van der Waals surface area contributed by atoms with E-state index in [0.29, 0.717) is 12.0 Å². The van der Waals surface area contributed by atoms with Crippen molar-refractivity contribution < 1.29 is 0 Å². The van der Waals surface area contributed by atoms with Crippen LogP contribution in [-0.2, 0) is 6.42 Å². The summed E-state index contributed by atoms with van der Waals surface area (Å²) in [6.07, 6.45) is 3.47. The van der Waals surface area contributed by atoms with Gasteiger partial charge in [0, 0.05) is 11.7 Å². The molecule has 0 aliphatic carbocycles. The van der Waals surface area contributed by atoms with Gasteiger partial charge < -0.3 is 5.32 Å². The zero-order valence-corrected chi connectivity index (χ0v) is 13.5. The molecule has 0 saturated carbocycles. The number of aryl methyl sites for hydroxylation is 1. The number of hydrogen-bond donors (Lipinski definition) is 1. The van der Waals surface area contributed by atoms with E-state index < -0.39 is 0 Å². The van der Waals surface area contributed by atoms with E-state index >= 15 is 0 Å². The van der Waals surface area contributed by atoms with Crippen LogP contribution >= 0.6 is 0 Å². The van der Waals surface area contributed by atoms with Crippen LogP contribution in [0, 0.1) is 0 Å². The Kier molecular flexibility index (Phi) is 5.86. The molecule has 0 aliphatic rings. The highest BCUT2D eigenvalue weighted by molar-refractivity contribution is 5.45. The Labute approximate surface area is 129 Å². The lowest BCUT2D eigenvalue weighted by Gasteiger charge is -2.16. The van der Waals surface area contributed by atoms with Crippen LogP contribution in [0.1, 0.15) is 50.7 Å². The highest BCUT2D eigenvalue weighted by Crippen LogP contribution is 2.21. The molecule has 0 aromatic heterocycles. The minimum atomic E-state index is 0.486. The van der Waals surface area contributed by atoms with Gasteiger partial charge in [0.15, 0.2) is 0 Å². The number of benzene rings is 2. The average molecular weight is 281 g/mol. The van der Waals surface area contributed by atoms with Crippen LogP contribution in [0.2, 0.25) is 0 Å². The molecule has 0 aliphatic heterocycles. The van der Waals surface area contributed by atoms with E-state index in [-0.39, 0.29) is 0 Å². The van der Waals surface area contributed by atoms with Gasteiger partial charge in [-0.05, 0) is 55.4 Å². The minimum Gasteiger partial charge on any atom is -0.383 e. The first-order valence-corrected chi connectivity index (χ1v) is 8.09. The Hall–Kier alpha value is -1.76. The van der Waals surface area contributed by atoms with Gasteiger partial charge in [-0.1, -0.05) is 56.3 Å². The molecule has 0 spiro atoms. The molecular weight excluding hydrogens is 254 g/mol. The molecule has 0 fully saturated rings. The van der Waals surface area contributed by atoms with Crippen molar-refractivity contribution in [3.63, 3.8) is 0 Å². The van der Waals surface area contributed by atoms with Gasteiger partial charge in [-0.15, -0.1) is 0 Å². The Morgan fingerprint density at radius 1 is 0.905 bits per heavy atom. The van der Waals surface area contributed by atoms with Gasteiger partial charge in [-0.3, -0.25) is 0 Å². The SMILES string of the molecule is CCC(C)c1ccc(NC(C)CCc2ccccc2)cc1.